The number of benzene rings is 2. The van der Waals surface area contributed by atoms with Crippen molar-refractivity contribution in [2.24, 2.45) is 15.8 Å². The Morgan fingerprint density at radius 3 is 2.10 bits per heavy atom. The lowest BCUT2D eigenvalue weighted by Crippen LogP contribution is -2.45. The second-order valence-electron chi connectivity index (χ2n) is 16.3. The van der Waals surface area contributed by atoms with Crippen molar-refractivity contribution in [1.29, 1.82) is 0 Å². The molecule has 2 amide bonds. The van der Waals surface area contributed by atoms with Crippen molar-refractivity contribution in [2.45, 2.75) is 84.8 Å². The number of carbonyl (C=O) groups excluding carboxylic acids is 2. The lowest BCUT2D eigenvalue weighted by Gasteiger charge is -2.32. The Bertz CT molecular complexity index is 1760. The lowest BCUT2D eigenvalue weighted by atomic mass is 9.78. The Kier molecular flexibility index (Phi) is 9.92. The molecule has 2 aromatic rings. The molecule has 51 heavy (non-hydrogen) atoms. The van der Waals surface area contributed by atoms with Gasteiger partial charge in [0.25, 0.3) is 11.8 Å². The van der Waals surface area contributed by atoms with Gasteiger partial charge >= 0.3 is 0 Å². The third-order valence-electron chi connectivity index (χ3n) is 11.2. The van der Waals surface area contributed by atoms with Crippen LogP contribution in [0.25, 0.3) is 0 Å². The highest BCUT2D eigenvalue weighted by Gasteiger charge is 2.41. The van der Waals surface area contributed by atoms with Gasteiger partial charge in [-0.15, -0.1) is 0 Å². The smallest absolute Gasteiger partial charge is 0.257 e. The van der Waals surface area contributed by atoms with Gasteiger partial charge < -0.3 is 33.6 Å². The van der Waals surface area contributed by atoms with Crippen LogP contribution in [0.15, 0.2) is 53.6 Å². The molecule has 10 nitrogen and oxygen atoms in total. The first-order valence-electron chi connectivity index (χ1n) is 18.0. The van der Waals surface area contributed by atoms with Gasteiger partial charge in [-0.2, -0.15) is 0 Å². The Morgan fingerprint density at radius 1 is 0.784 bits per heavy atom. The lowest BCUT2D eigenvalue weighted by molar-refractivity contribution is 0.0732. The summed E-state index contributed by atoms with van der Waals surface area (Å²) in [6.07, 6.45) is 6.13. The normalized spacial score (nSPS) is 21.6. The topological polar surface area (TPSA) is 93.1 Å². The third-order valence-corrected chi connectivity index (χ3v) is 11.2. The van der Waals surface area contributed by atoms with Gasteiger partial charge in [-0.25, -0.2) is 0 Å². The summed E-state index contributed by atoms with van der Waals surface area (Å²) in [5, 5.41) is 0. The molecule has 4 aliphatic rings. The average Bonchev–Trinajstić information content (AvgIpc) is 3.64. The number of ether oxygens (including phenoxy) is 4. The minimum Gasteiger partial charge on any atom is -0.493 e. The highest BCUT2D eigenvalue weighted by molar-refractivity contribution is 6.04. The minimum absolute atomic E-state index is 0.000121. The van der Waals surface area contributed by atoms with E-state index in [1.54, 1.807) is 20.3 Å². The quantitative estimate of drug-likeness (QED) is 0.212. The first-order chi connectivity index (χ1) is 24.1. The van der Waals surface area contributed by atoms with Crippen LogP contribution in [0.2, 0.25) is 0 Å². The summed E-state index contributed by atoms with van der Waals surface area (Å²) in [4.78, 5) is 37.6. The van der Waals surface area contributed by atoms with E-state index in [9.17, 15) is 9.59 Å². The molecule has 2 saturated heterocycles. The van der Waals surface area contributed by atoms with Crippen LogP contribution in [-0.4, -0.2) is 93.5 Å². The van der Waals surface area contributed by atoms with E-state index >= 15 is 0 Å². The third kappa shape index (κ3) is 7.32. The van der Waals surface area contributed by atoms with Crippen molar-refractivity contribution in [2.75, 3.05) is 52.5 Å². The molecule has 0 N–H and O–H groups in total. The molecule has 6 rings (SSSR count). The van der Waals surface area contributed by atoms with Gasteiger partial charge in [-0.3, -0.25) is 14.6 Å². The number of anilines is 1. The zero-order valence-electron chi connectivity index (χ0n) is 31.6. The zero-order chi connectivity index (χ0) is 36.8. The summed E-state index contributed by atoms with van der Waals surface area (Å²) in [5.74, 6) is 2.25. The van der Waals surface area contributed by atoms with E-state index in [4.69, 9.17) is 18.9 Å². The molecule has 2 fully saturated rings. The summed E-state index contributed by atoms with van der Waals surface area (Å²) < 4.78 is 24.2. The number of aliphatic imine (C=N–C) groups is 1. The maximum Gasteiger partial charge on any atom is 0.257 e. The van der Waals surface area contributed by atoms with Gasteiger partial charge in [-0.1, -0.05) is 52.0 Å². The summed E-state index contributed by atoms with van der Waals surface area (Å²) in [7, 11) is 5.25. The van der Waals surface area contributed by atoms with Gasteiger partial charge in [0.2, 0.25) is 0 Å². The molecule has 274 valence electrons. The van der Waals surface area contributed by atoms with Gasteiger partial charge in [0.15, 0.2) is 23.0 Å². The van der Waals surface area contributed by atoms with Crippen LogP contribution in [-0.2, 0) is 0 Å². The Labute approximate surface area is 303 Å². The second kappa shape index (κ2) is 13.9. The van der Waals surface area contributed by atoms with E-state index < -0.39 is 0 Å². The van der Waals surface area contributed by atoms with Crippen LogP contribution in [0.3, 0.4) is 0 Å². The molecule has 0 bridgehead atoms. The second-order valence-corrected chi connectivity index (χ2v) is 16.3. The number of nitrogens with zero attached hydrogens (tertiary/aromatic N) is 4. The number of likely N-dealkylation sites (N-methyl/N-ethyl adjacent to an activating group) is 1. The molecule has 0 aliphatic carbocycles. The largest absolute Gasteiger partial charge is 0.493 e. The van der Waals surface area contributed by atoms with Gasteiger partial charge in [0, 0.05) is 44.5 Å². The molecule has 0 aromatic heterocycles. The Hall–Kier alpha value is -4.47. The molecule has 10 heteroatoms. The van der Waals surface area contributed by atoms with Crippen molar-refractivity contribution in [1.82, 2.24) is 9.80 Å². The molecule has 0 radical (unpaired) electrons. The molecular formula is C41H54N4O6. The number of carbonyl (C=O) groups is 2. The van der Waals surface area contributed by atoms with Crippen molar-refractivity contribution < 1.29 is 28.5 Å². The van der Waals surface area contributed by atoms with E-state index in [1.807, 2.05) is 41.3 Å². The fraction of sp³-hybridized carbons (Fsp3) is 0.537. The van der Waals surface area contributed by atoms with E-state index in [0.717, 1.165) is 48.9 Å². The van der Waals surface area contributed by atoms with Crippen molar-refractivity contribution >= 4 is 29.4 Å². The van der Waals surface area contributed by atoms with Crippen LogP contribution < -0.4 is 23.8 Å². The molecule has 1 unspecified atom stereocenters. The van der Waals surface area contributed by atoms with Crippen molar-refractivity contribution in [3.05, 3.63) is 59.7 Å². The number of hydrogen-bond acceptors (Lipinski definition) is 8. The zero-order valence-corrected chi connectivity index (χ0v) is 31.6. The molecule has 4 aliphatic heterocycles. The fourth-order valence-corrected chi connectivity index (χ4v) is 7.59. The van der Waals surface area contributed by atoms with E-state index in [0.29, 0.717) is 66.1 Å². The maximum atomic E-state index is 13.6. The standard InChI is InChI=1S/C41H54N4O6/c1-25-15-28-21-42-31-19-36(34(48-9)17-29(31)38(46)44(28)22-25)51-24-41(6,7)12-11-40(4,5)13-14-50-37-20-33-30(18-35(37)49-10)39(47)45-23-26(2)16-32(45)27(3)43(33)8/h17-21,27-28,32H,1-2,11-16,22-24H2,3-10H3/t27?,28-,32-/m0/s1. The molecule has 0 saturated carbocycles. The molecule has 3 atom stereocenters. The average molecular weight is 699 g/mol. The minimum atomic E-state index is -0.132. The van der Waals surface area contributed by atoms with Crippen LogP contribution in [0.4, 0.5) is 11.4 Å². The van der Waals surface area contributed by atoms with Crippen molar-refractivity contribution in [3.63, 3.8) is 0 Å². The fourth-order valence-electron chi connectivity index (χ4n) is 7.59. The van der Waals surface area contributed by atoms with Gasteiger partial charge in [0.05, 0.1) is 62.0 Å². The summed E-state index contributed by atoms with van der Waals surface area (Å²) in [6.45, 7) is 21.5. The molecule has 4 heterocycles. The number of methoxy groups -OCH3 is 2. The molecule has 2 aromatic carbocycles. The highest BCUT2D eigenvalue weighted by atomic mass is 16.5. The highest BCUT2D eigenvalue weighted by Crippen LogP contribution is 2.43. The Balaban J connectivity index is 1.06. The van der Waals surface area contributed by atoms with Crippen molar-refractivity contribution in [3.8, 4) is 23.0 Å². The maximum absolute atomic E-state index is 13.6. The summed E-state index contributed by atoms with van der Waals surface area (Å²) >= 11 is 0. The van der Waals surface area contributed by atoms with E-state index in [2.05, 4.69) is 57.7 Å². The SMILES string of the molecule is C=C1C[C@H]2C=Nc3cc(OCC(C)(C)CCC(C)(C)CCOc4cc5c(cc4OC)C(=O)N4CC(=C)C[C@H]4C(C)N5C)c(OC)cc3C(=O)N2C1. The van der Waals surface area contributed by atoms with Gasteiger partial charge in [-0.05, 0) is 62.0 Å². The first kappa shape index (κ1) is 36.3. The first-order valence-corrected chi connectivity index (χ1v) is 18.0. The molecule has 0 spiro atoms. The van der Waals surface area contributed by atoms with Crippen LogP contribution in [0, 0.1) is 10.8 Å². The Morgan fingerprint density at radius 2 is 1.39 bits per heavy atom. The van der Waals surface area contributed by atoms with Crippen LogP contribution in [0.5, 0.6) is 23.0 Å². The number of amides is 2. The van der Waals surface area contributed by atoms with E-state index in [1.165, 1.54) is 0 Å². The predicted octanol–water partition coefficient (Wildman–Crippen LogP) is 7.48. The monoisotopic (exact) mass is 698 g/mol. The number of rotatable bonds is 12. The van der Waals surface area contributed by atoms with Crippen LogP contribution in [0.1, 0.15) is 87.4 Å². The molecular weight excluding hydrogens is 644 g/mol. The predicted molar refractivity (Wildman–Crippen MR) is 202 cm³/mol. The number of hydrogen-bond donors (Lipinski definition) is 0. The number of fused-ring (bicyclic) bond motifs is 4. The summed E-state index contributed by atoms with van der Waals surface area (Å²) in [5.41, 5.74) is 4.60. The van der Waals surface area contributed by atoms with E-state index in [-0.39, 0.29) is 40.8 Å². The summed E-state index contributed by atoms with van der Waals surface area (Å²) in [6, 6.07) is 7.53. The van der Waals surface area contributed by atoms with Crippen LogP contribution >= 0.6 is 0 Å². The van der Waals surface area contributed by atoms with Gasteiger partial charge in [0.1, 0.15) is 0 Å².